The van der Waals surface area contributed by atoms with Crippen molar-refractivity contribution in [3.05, 3.63) is 58.1 Å². The standard InChI is InChI=1S/C14H7ClO5S/c15-9-5-7(14(17)18)6-11-12(9)13(16)8-3-1-2-4-10(8)21(11,19)20/h1-6H,(H,17,18). The maximum Gasteiger partial charge on any atom is 0.335 e. The first kappa shape index (κ1) is 13.8. The molecule has 2 aromatic rings. The van der Waals surface area contributed by atoms with Crippen molar-refractivity contribution in [2.75, 3.05) is 0 Å². The van der Waals surface area contributed by atoms with Crippen molar-refractivity contribution < 1.29 is 23.1 Å². The third kappa shape index (κ3) is 1.87. The summed E-state index contributed by atoms with van der Waals surface area (Å²) >= 11 is 5.93. The van der Waals surface area contributed by atoms with Crippen molar-refractivity contribution in [2.45, 2.75) is 9.79 Å². The number of carboxylic acid groups (broad SMARTS) is 1. The lowest BCUT2D eigenvalue weighted by Crippen LogP contribution is -2.21. The Balaban J connectivity index is 2.44. The Kier molecular flexibility index (Phi) is 2.89. The van der Waals surface area contributed by atoms with Crippen LogP contribution in [0.15, 0.2) is 46.2 Å². The molecule has 0 radical (unpaired) electrons. The summed E-state index contributed by atoms with van der Waals surface area (Å²) in [5.74, 6) is -1.85. The summed E-state index contributed by atoms with van der Waals surface area (Å²) in [6, 6.07) is 7.80. The van der Waals surface area contributed by atoms with Gasteiger partial charge in [0.1, 0.15) is 0 Å². The van der Waals surface area contributed by atoms with Gasteiger partial charge in [-0.25, -0.2) is 13.2 Å². The summed E-state index contributed by atoms with van der Waals surface area (Å²) in [4.78, 5) is 22.9. The summed E-state index contributed by atoms with van der Waals surface area (Å²) in [6.07, 6.45) is 0. The molecule has 21 heavy (non-hydrogen) atoms. The molecule has 1 N–H and O–H groups in total. The third-order valence-electron chi connectivity index (χ3n) is 3.24. The van der Waals surface area contributed by atoms with Crippen LogP contribution in [0.3, 0.4) is 0 Å². The minimum absolute atomic E-state index is 0.0370. The van der Waals surface area contributed by atoms with Crippen LogP contribution in [0.2, 0.25) is 5.02 Å². The molecule has 3 rings (SSSR count). The molecule has 0 atom stereocenters. The molecule has 7 heteroatoms. The molecule has 1 aliphatic heterocycles. The van der Waals surface area contributed by atoms with Gasteiger partial charge in [0.05, 0.1) is 25.9 Å². The summed E-state index contributed by atoms with van der Waals surface area (Å²) in [5, 5.41) is 8.82. The molecule has 0 aliphatic carbocycles. The van der Waals surface area contributed by atoms with Gasteiger partial charge < -0.3 is 5.11 Å². The smallest absolute Gasteiger partial charge is 0.335 e. The number of ketones is 1. The molecule has 0 spiro atoms. The molecular weight excluding hydrogens is 316 g/mol. The number of carboxylic acids is 1. The minimum atomic E-state index is -3.98. The summed E-state index contributed by atoms with van der Waals surface area (Å²) in [6.45, 7) is 0. The number of carbonyl (C=O) groups excluding carboxylic acids is 1. The molecule has 0 saturated heterocycles. The summed E-state index contributed by atoms with van der Waals surface area (Å²) in [5.41, 5.74) is -0.426. The molecule has 0 unspecified atom stereocenters. The first-order valence-corrected chi connectivity index (χ1v) is 7.66. The predicted molar refractivity (Wildman–Crippen MR) is 73.7 cm³/mol. The summed E-state index contributed by atoms with van der Waals surface area (Å²) < 4.78 is 25.1. The quantitative estimate of drug-likeness (QED) is 0.743. The molecular formula is C14H7ClO5S. The second-order valence-electron chi connectivity index (χ2n) is 4.47. The second kappa shape index (κ2) is 4.41. The van der Waals surface area contributed by atoms with Crippen LogP contribution >= 0.6 is 11.6 Å². The molecule has 0 fully saturated rings. The Labute approximate surface area is 124 Å². The van der Waals surface area contributed by atoms with Crippen molar-refractivity contribution in [2.24, 2.45) is 0 Å². The van der Waals surface area contributed by atoms with Crippen LogP contribution in [0.5, 0.6) is 0 Å². The van der Waals surface area contributed by atoms with E-state index in [0.29, 0.717) is 0 Å². The van der Waals surface area contributed by atoms with Crippen LogP contribution < -0.4 is 0 Å². The van der Waals surface area contributed by atoms with E-state index in [1.54, 1.807) is 6.07 Å². The van der Waals surface area contributed by atoms with E-state index in [0.717, 1.165) is 12.1 Å². The van der Waals surface area contributed by atoms with E-state index in [2.05, 4.69) is 0 Å². The average Bonchev–Trinajstić information content (AvgIpc) is 2.44. The lowest BCUT2D eigenvalue weighted by Gasteiger charge is -2.20. The van der Waals surface area contributed by atoms with E-state index in [1.807, 2.05) is 0 Å². The normalized spacial score (nSPS) is 15.2. The fraction of sp³-hybridized carbons (Fsp3) is 0. The number of carbonyl (C=O) groups is 2. The highest BCUT2D eigenvalue weighted by atomic mass is 35.5. The Hall–Kier alpha value is -2.18. The Morgan fingerprint density at radius 3 is 2.43 bits per heavy atom. The monoisotopic (exact) mass is 322 g/mol. The van der Waals surface area contributed by atoms with E-state index in [-0.39, 0.29) is 31.5 Å². The molecule has 0 saturated carbocycles. The number of halogens is 1. The van der Waals surface area contributed by atoms with Crippen molar-refractivity contribution in [1.29, 1.82) is 0 Å². The van der Waals surface area contributed by atoms with Gasteiger partial charge >= 0.3 is 5.97 Å². The number of rotatable bonds is 1. The van der Waals surface area contributed by atoms with Crippen LogP contribution in [0, 0.1) is 0 Å². The van der Waals surface area contributed by atoms with E-state index in [1.165, 1.54) is 18.2 Å². The van der Waals surface area contributed by atoms with Crippen LogP contribution in [-0.2, 0) is 9.84 Å². The highest BCUT2D eigenvalue weighted by molar-refractivity contribution is 7.91. The van der Waals surface area contributed by atoms with Gasteiger partial charge in [0.2, 0.25) is 9.84 Å². The number of sulfone groups is 1. The molecule has 0 aromatic heterocycles. The first-order valence-electron chi connectivity index (χ1n) is 5.79. The lowest BCUT2D eigenvalue weighted by atomic mass is 10.0. The topological polar surface area (TPSA) is 88.5 Å². The van der Waals surface area contributed by atoms with E-state index < -0.39 is 21.6 Å². The zero-order chi connectivity index (χ0) is 15.4. The highest BCUT2D eigenvalue weighted by Crippen LogP contribution is 2.38. The van der Waals surface area contributed by atoms with E-state index in [4.69, 9.17) is 16.7 Å². The molecule has 2 aromatic carbocycles. The number of fused-ring (bicyclic) bond motifs is 2. The molecule has 5 nitrogen and oxygen atoms in total. The molecule has 0 bridgehead atoms. The van der Waals surface area contributed by atoms with Crippen LogP contribution in [0.4, 0.5) is 0 Å². The molecule has 1 aliphatic rings. The first-order chi connectivity index (χ1) is 9.84. The minimum Gasteiger partial charge on any atom is -0.478 e. The highest BCUT2D eigenvalue weighted by Gasteiger charge is 2.36. The second-order valence-corrected chi connectivity index (χ2v) is 6.76. The van der Waals surface area contributed by atoms with Gasteiger partial charge in [-0.2, -0.15) is 0 Å². The van der Waals surface area contributed by atoms with Crippen LogP contribution in [0.25, 0.3) is 0 Å². The predicted octanol–water partition coefficient (Wildman–Crippen LogP) is 2.42. The molecule has 106 valence electrons. The fourth-order valence-corrected chi connectivity index (χ4v) is 4.34. The van der Waals surface area contributed by atoms with Crippen LogP contribution in [-0.4, -0.2) is 25.3 Å². The lowest BCUT2D eigenvalue weighted by molar-refractivity contribution is 0.0696. The van der Waals surface area contributed by atoms with E-state index in [9.17, 15) is 18.0 Å². The van der Waals surface area contributed by atoms with Crippen molar-refractivity contribution in [3.63, 3.8) is 0 Å². The number of hydrogen-bond acceptors (Lipinski definition) is 4. The van der Waals surface area contributed by atoms with Crippen molar-refractivity contribution in [3.8, 4) is 0 Å². The Morgan fingerprint density at radius 1 is 1.10 bits per heavy atom. The zero-order valence-electron chi connectivity index (χ0n) is 10.3. The van der Waals surface area contributed by atoms with Gasteiger partial charge in [0.25, 0.3) is 0 Å². The van der Waals surface area contributed by atoms with Crippen molar-refractivity contribution in [1.82, 2.24) is 0 Å². The maximum absolute atomic E-state index is 12.6. The van der Waals surface area contributed by atoms with Gasteiger partial charge in [0, 0.05) is 5.56 Å². The van der Waals surface area contributed by atoms with Crippen molar-refractivity contribution >= 4 is 33.2 Å². The fourth-order valence-electron chi connectivity index (χ4n) is 2.28. The number of aromatic carboxylic acids is 1. The molecule has 1 heterocycles. The zero-order valence-corrected chi connectivity index (χ0v) is 11.9. The van der Waals surface area contributed by atoms with Gasteiger partial charge in [-0.1, -0.05) is 23.7 Å². The average molecular weight is 323 g/mol. The number of hydrogen-bond donors (Lipinski definition) is 1. The maximum atomic E-state index is 12.6. The summed E-state index contributed by atoms with van der Waals surface area (Å²) in [7, 11) is -3.98. The van der Waals surface area contributed by atoms with Gasteiger partial charge in [-0.05, 0) is 24.3 Å². The third-order valence-corrected chi connectivity index (χ3v) is 5.37. The van der Waals surface area contributed by atoms with Crippen LogP contribution in [0.1, 0.15) is 26.3 Å². The Bertz CT molecular complexity index is 915. The van der Waals surface area contributed by atoms with E-state index >= 15 is 0 Å². The van der Waals surface area contributed by atoms with Gasteiger partial charge in [-0.15, -0.1) is 0 Å². The van der Waals surface area contributed by atoms with Gasteiger partial charge in [-0.3, -0.25) is 4.79 Å². The SMILES string of the molecule is O=C(O)c1cc(Cl)c2c(c1)S(=O)(=O)c1ccccc1C2=O. The Morgan fingerprint density at radius 2 is 1.76 bits per heavy atom. The largest absolute Gasteiger partial charge is 0.478 e. The van der Waals surface area contributed by atoms with Gasteiger partial charge in [0.15, 0.2) is 5.78 Å². The molecule has 0 amide bonds. The number of benzene rings is 2.